The summed E-state index contributed by atoms with van der Waals surface area (Å²) in [5.41, 5.74) is 0.296. The Morgan fingerprint density at radius 3 is 2.31 bits per heavy atom. The number of nitrogens with zero attached hydrogens (tertiary/aromatic N) is 1. The zero-order valence-corrected chi connectivity index (χ0v) is 9.72. The first kappa shape index (κ1) is 11.0. The number of hydrogen-bond donors (Lipinski definition) is 1. The largest absolute Gasteiger partial charge is 0.315 e. The predicted molar refractivity (Wildman–Crippen MR) is 58.0 cm³/mol. The zero-order valence-electron chi connectivity index (χ0n) is 9.72. The first-order valence-electron chi connectivity index (χ1n) is 5.37. The molecule has 0 aliphatic heterocycles. The molecule has 0 radical (unpaired) electrons. The molecule has 0 bridgehead atoms. The van der Waals surface area contributed by atoms with Gasteiger partial charge in [0.05, 0.1) is 0 Å². The Labute approximate surface area is 82.7 Å². The summed E-state index contributed by atoms with van der Waals surface area (Å²) in [6, 6.07) is 1.43. The number of likely N-dealkylation sites (N-methyl/N-ethyl adjacent to an activating group) is 2. The van der Waals surface area contributed by atoms with E-state index in [9.17, 15) is 0 Å². The lowest BCUT2D eigenvalue weighted by molar-refractivity contribution is 0.104. The summed E-state index contributed by atoms with van der Waals surface area (Å²) in [6.45, 7) is 6.87. The van der Waals surface area contributed by atoms with Crippen LogP contribution in [0.25, 0.3) is 0 Å². The van der Waals surface area contributed by atoms with Crippen molar-refractivity contribution in [1.82, 2.24) is 10.2 Å². The zero-order chi connectivity index (χ0) is 10.1. The van der Waals surface area contributed by atoms with Crippen molar-refractivity contribution in [2.75, 3.05) is 14.1 Å². The lowest BCUT2D eigenvalue weighted by Gasteiger charge is -2.39. The third-order valence-electron chi connectivity index (χ3n) is 3.41. The molecule has 2 atom stereocenters. The van der Waals surface area contributed by atoms with Crippen LogP contribution >= 0.6 is 0 Å². The summed E-state index contributed by atoms with van der Waals surface area (Å²) in [5, 5.41) is 3.43. The number of hydrogen-bond acceptors (Lipinski definition) is 2. The molecular formula is C11H24N2. The molecule has 0 heterocycles. The van der Waals surface area contributed by atoms with Crippen LogP contribution in [0.4, 0.5) is 0 Å². The third-order valence-corrected chi connectivity index (χ3v) is 3.41. The van der Waals surface area contributed by atoms with Gasteiger partial charge in [0.15, 0.2) is 0 Å². The van der Waals surface area contributed by atoms with Gasteiger partial charge >= 0.3 is 0 Å². The van der Waals surface area contributed by atoms with Crippen LogP contribution in [0.5, 0.6) is 0 Å². The Kier molecular flexibility index (Phi) is 3.36. The molecule has 2 nitrogen and oxygen atoms in total. The Hall–Kier alpha value is -0.0800. The highest BCUT2D eigenvalue weighted by molar-refractivity contribution is 4.92. The van der Waals surface area contributed by atoms with Gasteiger partial charge in [-0.25, -0.2) is 0 Å². The van der Waals surface area contributed by atoms with Crippen molar-refractivity contribution < 1.29 is 0 Å². The highest BCUT2D eigenvalue weighted by Crippen LogP contribution is 2.27. The molecule has 1 aliphatic rings. The molecular weight excluding hydrogens is 160 g/mol. The van der Waals surface area contributed by atoms with Crippen LogP contribution in [0, 0.1) is 0 Å². The molecule has 1 N–H and O–H groups in total. The first-order chi connectivity index (χ1) is 5.96. The molecule has 0 aromatic heterocycles. The van der Waals surface area contributed by atoms with Gasteiger partial charge in [-0.2, -0.15) is 0 Å². The standard InChI is InChI=1S/C11H24N2/c1-11(2,3)13(5)10-8-6-7-9(10)12-4/h9-10,12H,6-8H2,1-5H3/t9?,10-/m0/s1. The molecule has 1 saturated carbocycles. The Balaban J connectivity index is 2.60. The van der Waals surface area contributed by atoms with Gasteiger partial charge in [-0.1, -0.05) is 6.42 Å². The second-order valence-electron chi connectivity index (χ2n) is 5.18. The quantitative estimate of drug-likeness (QED) is 0.704. The van der Waals surface area contributed by atoms with Crippen molar-refractivity contribution >= 4 is 0 Å². The minimum absolute atomic E-state index is 0.296. The van der Waals surface area contributed by atoms with Crippen molar-refractivity contribution in [3.63, 3.8) is 0 Å². The van der Waals surface area contributed by atoms with Crippen LogP contribution in [0.1, 0.15) is 40.0 Å². The topological polar surface area (TPSA) is 15.3 Å². The average molecular weight is 184 g/mol. The second-order valence-corrected chi connectivity index (χ2v) is 5.18. The van der Waals surface area contributed by atoms with Gasteiger partial charge in [0.25, 0.3) is 0 Å². The minimum Gasteiger partial charge on any atom is -0.315 e. The molecule has 0 aromatic carbocycles. The van der Waals surface area contributed by atoms with Crippen molar-refractivity contribution in [3.8, 4) is 0 Å². The lowest BCUT2D eigenvalue weighted by Crippen LogP contribution is -2.51. The van der Waals surface area contributed by atoms with E-state index in [1.807, 2.05) is 0 Å². The fourth-order valence-electron chi connectivity index (χ4n) is 2.24. The van der Waals surface area contributed by atoms with Gasteiger partial charge in [0.1, 0.15) is 0 Å². The van der Waals surface area contributed by atoms with Crippen molar-refractivity contribution in [1.29, 1.82) is 0 Å². The second kappa shape index (κ2) is 3.97. The van der Waals surface area contributed by atoms with E-state index in [4.69, 9.17) is 0 Å². The Morgan fingerprint density at radius 2 is 1.85 bits per heavy atom. The van der Waals surface area contributed by atoms with Crippen LogP contribution in [-0.4, -0.2) is 36.6 Å². The highest BCUT2D eigenvalue weighted by atomic mass is 15.2. The molecule has 2 heteroatoms. The maximum absolute atomic E-state index is 3.43. The third kappa shape index (κ3) is 2.44. The van der Waals surface area contributed by atoms with Crippen LogP contribution in [0.3, 0.4) is 0 Å². The fourth-order valence-corrected chi connectivity index (χ4v) is 2.24. The maximum Gasteiger partial charge on any atom is 0.0251 e. The van der Waals surface area contributed by atoms with Gasteiger partial charge in [0, 0.05) is 17.6 Å². The monoisotopic (exact) mass is 184 g/mol. The van der Waals surface area contributed by atoms with E-state index in [1.54, 1.807) is 0 Å². The highest BCUT2D eigenvalue weighted by Gasteiger charge is 2.33. The molecule has 13 heavy (non-hydrogen) atoms. The summed E-state index contributed by atoms with van der Waals surface area (Å²) in [5.74, 6) is 0. The predicted octanol–water partition coefficient (Wildman–Crippen LogP) is 1.86. The SMILES string of the molecule is CNC1CCC[C@@H]1N(C)C(C)(C)C. The Bertz CT molecular complexity index is 160. The number of nitrogens with one attached hydrogen (secondary N) is 1. The molecule has 0 spiro atoms. The Morgan fingerprint density at radius 1 is 1.23 bits per heavy atom. The van der Waals surface area contributed by atoms with E-state index in [0.29, 0.717) is 11.6 Å². The van der Waals surface area contributed by atoms with Crippen LogP contribution in [-0.2, 0) is 0 Å². The molecule has 0 saturated heterocycles. The summed E-state index contributed by atoms with van der Waals surface area (Å²) in [4.78, 5) is 2.52. The molecule has 78 valence electrons. The fraction of sp³-hybridized carbons (Fsp3) is 1.00. The smallest absolute Gasteiger partial charge is 0.0251 e. The van der Waals surface area contributed by atoms with Crippen molar-refractivity contribution in [2.24, 2.45) is 0 Å². The van der Waals surface area contributed by atoms with Crippen LogP contribution < -0.4 is 5.32 Å². The lowest BCUT2D eigenvalue weighted by atomic mass is 10.0. The average Bonchev–Trinajstić information content (AvgIpc) is 2.48. The first-order valence-corrected chi connectivity index (χ1v) is 5.37. The van der Waals surface area contributed by atoms with Crippen molar-refractivity contribution in [3.05, 3.63) is 0 Å². The molecule has 1 fully saturated rings. The van der Waals surface area contributed by atoms with Gasteiger partial charge in [-0.05, 0) is 47.7 Å². The van der Waals surface area contributed by atoms with E-state index in [2.05, 4.69) is 45.1 Å². The molecule has 1 unspecified atom stereocenters. The van der Waals surface area contributed by atoms with E-state index in [-0.39, 0.29) is 0 Å². The summed E-state index contributed by atoms with van der Waals surface area (Å²) in [6.07, 6.45) is 4.05. The van der Waals surface area contributed by atoms with Crippen molar-refractivity contribution in [2.45, 2.75) is 57.7 Å². The van der Waals surface area contributed by atoms with E-state index in [1.165, 1.54) is 19.3 Å². The van der Waals surface area contributed by atoms with E-state index < -0.39 is 0 Å². The molecule has 1 aliphatic carbocycles. The van der Waals surface area contributed by atoms with Crippen LogP contribution in [0.15, 0.2) is 0 Å². The summed E-state index contributed by atoms with van der Waals surface area (Å²) in [7, 11) is 4.33. The molecule has 0 aromatic rings. The normalized spacial score (nSPS) is 30.0. The molecule has 1 rings (SSSR count). The summed E-state index contributed by atoms with van der Waals surface area (Å²) >= 11 is 0. The van der Waals surface area contributed by atoms with Gasteiger partial charge in [0.2, 0.25) is 0 Å². The minimum atomic E-state index is 0.296. The van der Waals surface area contributed by atoms with E-state index >= 15 is 0 Å². The van der Waals surface area contributed by atoms with Gasteiger partial charge < -0.3 is 5.32 Å². The van der Waals surface area contributed by atoms with E-state index in [0.717, 1.165) is 6.04 Å². The number of rotatable bonds is 2. The summed E-state index contributed by atoms with van der Waals surface area (Å²) < 4.78 is 0. The molecule has 0 amide bonds. The van der Waals surface area contributed by atoms with Crippen LogP contribution in [0.2, 0.25) is 0 Å². The van der Waals surface area contributed by atoms with Gasteiger partial charge in [-0.3, -0.25) is 4.90 Å². The maximum atomic E-state index is 3.43. The van der Waals surface area contributed by atoms with Gasteiger partial charge in [-0.15, -0.1) is 0 Å².